The molecule has 104 valence electrons. The van der Waals surface area contributed by atoms with Gasteiger partial charge in [-0.15, -0.1) is 0 Å². The van der Waals surface area contributed by atoms with Crippen LogP contribution in [-0.2, 0) is 0 Å². The first-order chi connectivity index (χ1) is 8.27. The van der Waals surface area contributed by atoms with Crippen LogP contribution in [0.25, 0.3) is 0 Å². The van der Waals surface area contributed by atoms with Gasteiger partial charge in [-0.05, 0) is 0 Å². The van der Waals surface area contributed by atoms with Crippen LogP contribution in [0.1, 0.15) is 0 Å². The molecule has 1 rings (SSSR count). The van der Waals surface area contributed by atoms with E-state index in [2.05, 4.69) is 0 Å². The maximum absolute atomic E-state index is 9.20. The first-order valence-corrected chi connectivity index (χ1v) is 6.27. The molecule has 0 heterocycles. The summed E-state index contributed by atoms with van der Waals surface area (Å²) in [6, 6.07) is 0. The van der Waals surface area contributed by atoms with E-state index in [0.29, 0.717) is 0 Å². The average molecular weight is 358 g/mol. The van der Waals surface area contributed by atoms with Gasteiger partial charge in [-0.1, -0.05) is 58.0 Å². The van der Waals surface area contributed by atoms with E-state index >= 15 is 0 Å². The van der Waals surface area contributed by atoms with Crippen LogP contribution in [0.3, 0.4) is 0 Å². The fourth-order valence-electron chi connectivity index (χ4n) is 0.651. The number of hydrogen-bond acceptors (Lipinski definition) is 4. The highest BCUT2D eigenvalue weighted by Crippen LogP contribution is 2.47. The summed E-state index contributed by atoms with van der Waals surface area (Å²) in [4.78, 5) is 0. The van der Waals surface area contributed by atoms with Gasteiger partial charge in [0.1, 0.15) is 16.1 Å². The minimum absolute atomic E-state index is 0.00904. The molecule has 1 aromatic carbocycles. The van der Waals surface area contributed by atoms with Crippen molar-refractivity contribution in [1.82, 2.24) is 0 Å². The number of rotatable bonds is 2. The van der Waals surface area contributed by atoms with Gasteiger partial charge in [-0.2, -0.15) is 0 Å². The highest BCUT2D eigenvalue weighted by Gasteiger charge is 2.18. The lowest BCUT2D eigenvalue weighted by molar-refractivity contribution is 0.0450. The molecule has 0 radical (unpaired) electrons. The van der Waals surface area contributed by atoms with Crippen molar-refractivity contribution in [3.63, 3.8) is 0 Å². The van der Waals surface area contributed by atoms with Crippen LogP contribution in [0.2, 0.25) is 25.1 Å². The van der Waals surface area contributed by atoms with Gasteiger partial charge in [0, 0.05) is 0 Å². The molecule has 4 nitrogen and oxygen atoms in total. The lowest BCUT2D eigenvalue weighted by Crippen LogP contribution is -2.15. The molecule has 1 aromatic rings. The van der Waals surface area contributed by atoms with Crippen molar-refractivity contribution in [2.24, 2.45) is 0 Å². The number of hydrogen-bond donors (Lipinski definition) is 4. The van der Waals surface area contributed by atoms with Gasteiger partial charge < -0.3 is 20.4 Å². The number of aliphatic hydroxyl groups is 3. The Kier molecular flexibility index (Phi) is 8.67. The minimum atomic E-state index is -0.954. The second kappa shape index (κ2) is 8.51. The third-order valence-corrected chi connectivity index (χ3v) is 3.86. The van der Waals surface area contributed by atoms with Crippen LogP contribution in [0, 0.1) is 0 Å². The van der Waals surface area contributed by atoms with Gasteiger partial charge >= 0.3 is 0 Å². The quantitative estimate of drug-likeness (QED) is 0.484. The summed E-state index contributed by atoms with van der Waals surface area (Å²) in [7, 11) is 0. The molecular weight excluding hydrogens is 349 g/mol. The Morgan fingerprint density at radius 2 is 1.00 bits per heavy atom. The van der Waals surface area contributed by atoms with Crippen molar-refractivity contribution in [3.8, 4) is 5.75 Å². The molecule has 0 aliphatic carbocycles. The summed E-state index contributed by atoms with van der Waals surface area (Å²) < 4.78 is 0. The van der Waals surface area contributed by atoms with E-state index in [-0.39, 0.29) is 44.1 Å². The summed E-state index contributed by atoms with van der Waals surface area (Å²) in [6.07, 6.45) is -0.954. The fraction of sp³-hybridized carbons (Fsp3) is 0.333. The zero-order valence-corrected chi connectivity index (χ0v) is 12.4. The lowest BCUT2D eigenvalue weighted by atomic mass is 10.3. The largest absolute Gasteiger partial charge is 0.505 e. The molecule has 0 fully saturated rings. The Bertz CT molecular complexity index is 303. The molecule has 0 aliphatic heterocycles. The third kappa shape index (κ3) is 4.79. The first-order valence-electron chi connectivity index (χ1n) is 4.38. The zero-order chi connectivity index (χ0) is 14.5. The zero-order valence-electron chi connectivity index (χ0n) is 8.67. The maximum Gasteiger partial charge on any atom is 0.155 e. The minimum Gasteiger partial charge on any atom is -0.505 e. The molecule has 0 unspecified atom stereocenters. The Morgan fingerprint density at radius 3 is 1.22 bits per heavy atom. The standard InChI is InChI=1S/C6HCl5O.C3H8O3/c7-1-2(8)4(10)6(12)5(11)3(1)9;4-1-3(6)2-5/h12H;3-6H,1-2H2. The Morgan fingerprint density at radius 1 is 0.722 bits per heavy atom. The molecule has 9 heteroatoms. The van der Waals surface area contributed by atoms with Gasteiger partial charge in [-0.25, -0.2) is 0 Å². The third-order valence-electron chi connectivity index (χ3n) is 1.61. The van der Waals surface area contributed by atoms with Crippen LogP contribution in [0.5, 0.6) is 5.75 Å². The van der Waals surface area contributed by atoms with E-state index in [9.17, 15) is 5.11 Å². The molecule has 0 atom stereocenters. The van der Waals surface area contributed by atoms with E-state index < -0.39 is 6.10 Å². The topological polar surface area (TPSA) is 80.9 Å². The van der Waals surface area contributed by atoms with Crippen molar-refractivity contribution in [3.05, 3.63) is 25.1 Å². The summed E-state index contributed by atoms with van der Waals surface area (Å²) in [5.74, 6) is -0.363. The molecule has 0 saturated carbocycles. The van der Waals surface area contributed by atoms with Gasteiger partial charge in [0.25, 0.3) is 0 Å². The van der Waals surface area contributed by atoms with E-state index in [1.54, 1.807) is 0 Å². The lowest BCUT2D eigenvalue weighted by Gasteiger charge is -2.06. The maximum atomic E-state index is 9.20. The molecule has 0 saturated heterocycles. The van der Waals surface area contributed by atoms with Gasteiger partial charge in [0.05, 0.1) is 28.3 Å². The number of aliphatic hydroxyl groups excluding tert-OH is 3. The van der Waals surface area contributed by atoms with Crippen molar-refractivity contribution >= 4 is 58.0 Å². The van der Waals surface area contributed by atoms with Gasteiger partial charge in [0.2, 0.25) is 0 Å². The van der Waals surface area contributed by atoms with Crippen molar-refractivity contribution in [2.45, 2.75) is 6.10 Å². The van der Waals surface area contributed by atoms with Crippen molar-refractivity contribution in [2.75, 3.05) is 13.2 Å². The number of benzene rings is 1. The highest BCUT2D eigenvalue weighted by molar-refractivity contribution is 6.55. The fourth-order valence-corrected chi connectivity index (χ4v) is 1.78. The highest BCUT2D eigenvalue weighted by atomic mass is 35.5. The molecular formula is C9H9Cl5O4. The Hall–Kier alpha value is 0.350. The van der Waals surface area contributed by atoms with Crippen LogP contribution in [0.15, 0.2) is 0 Å². The monoisotopic (exact) mass is 356 g/mol. The number of phenols is 1. The molecule has 0 aliphatic rings. The Labute approximate surface area is 128 Å². The molecule has 0 bridgehead atoms. The predicted octanol–water partition coefficient (Wildman–Crippen LogP) is 2.99. The molecule has 0 amide bonds. The van der Waals surface area contributed by atoms with Crippen LogP contribution in [0.4, 0.5) is 0 Å². The van der Waals surface area contributed by atoms with E-state index in [1.807, 2.05) is 0 Å². The van der Waals surface area contributed by atoms with Crippen LogP contribution in [-0.4, -0.2) is 39.7 Å². The molecule has 0 aromatic heterocycles. The first kappa shape index (κ1) is 18.4. The molecule has 0 spiro atoms. The summed E-state index contributed by atoms with van der Waals surface area (Å²) in [6.45, 7) is -0.729. The van der Waals surface area contributed by atoms with Crippen LogP contribution < -0.4 is 0 Å². The van der Waals surface area contributed by atoms with Crippen molar-refractivity contribution in [1.29, 1.82) is 0 Å². The normalized spacial score (nSPS) is 10.3. The average Bonchev–Trinajstić information content (AvgIpc) is 2.40. The van der Waals surface area contributed by atoms with Gasteiger partial charge in [0.15, 0.2) is 5.75 Å². The van der Waals surface area contributed by atoms with Gasteiger partial charge in [-0.3, -0.25) is 0 Å². The summed E-state index contributed by atoms with van der Waals surface area (Å²) in [5.41, 5.74) is 0. The number of halogens is 5. The second-order valence-corrected chi connectivity index (χ2v) is 4.83. The van der Waals surface area contributed by atoms with E-state index in [4.69, 9.17) is 73.3 Å². The SMILES string of the molecule is OCC(O)CO.Oc1c(Cl)c(Cl)c(Cl)c(Cl)c1Cl. The Balaban J connectivity index is 0.000000411. The van der Waals surface area contributed by atoms with Crippen LogP contribution >= 0.6 is 58.0 Å². The van der Waals surface area contributed by atoms with E-state index in [1.165, 1.54) is 0 Å². The molecule has 18 heavy (non-hydrogen) atoms. The number of phenolic OH excluding ortho intramolecular Hbond substituents is 1. The second-order valence-electron chi connectivity index (χ2n) is 2.94. The smallest absolute Gasteiger partial charge is 0.155 e. The summed E-state index contributed by atoms with van der Waals surface area (Å²) in [5, 5.41) is 33.0. The van der Waals surface area contributed by atoms with Crippen molar-refractivity contribution < 1.29 is 20.4 Å². The van der Waals surface area contributed by atoms with E-state index in [0.717, 1.165) is 0 Å². The number of aromatic hydroxyl groups is 1. The summed E-state index contributed by atoms with van der Waals surface area (Å²) >= 11 is 27.9. The predicted molar refractivity (Wildman–Crippen MR) is 73.3 cm³/mol. The molecule has 4 N–H and O–H groups in total.